The minimum absolute atomic E-state index is 0.00125. The van der Waals surface area contributed by atoms with Crippen molar-refractivity contribution in [3.63, 3.8) is 0 Å². The Hall–Kier alpha value is -0.0900. The molecule has 0 aliphatic rings. The molecule has 0 aromatic carbocycles. The molecule has 0 radical (unpaired) electrons. The normalized spacial score (nSPS) is 8.75. The summed E-state index contributed by atoms with van der Waals surface area (Å²) >= 11 is 2.95. The fourth-order valence-electron chi connectivity index (χ4n) is 0.243. The quantitative estimate of drug-likeness (QED) is 0.577. The molecule has 0 heterocycles. The first kappa shape index (κ1) is 7.91. The van der Waals surface area contributed by atoms with Gasteiger partial charge >= 0.3 is 0 Å². The number of halogens is 1. The van der Waals surface area contributed by atoms with Crippen molar-refractivity contribution in [3.05, 3.63) is 0 Å². The van der Waals surface area contributed by atoms with Crippen molar-refractivity contribution in [1.82, 2.24) is 5.32 Å². The number of hydrogen-bond acceptors (Lipinski definition) is 2. The lowest BCUT2D eigenvalue weighted by Gasteiger charge is -1.96. The molecular weight excluding hydrogens is 174 g/mol. The van der Waals surface area contributed by atoms with Crippen LogP contribution in [0.15, 0.2) is 0 Å². The van der Waals surface area contributed by atoms with Crippen LogP contribution in [0.5, 0.6) is 0 Å². The van der Waals surface area contributed by atoms with Crippen molar-refractivity contribution in [2.75, 3.05) is 18.5 Å². The third kappa shape index (κ3) is 4.08. The molecule has 0 saturated heterocycles. The molecule has 0 fully saturated rings. The standard InChI is InChI=1S/C4H8BrNO2/c5-3-4(8)6-1-2-7/h7H,1-3H2,(H,6,8). The van der Waals surface area contributed by atoms with Crippen LogP contribution in [0.4, 0.5) is 0 Å². The molecule has 4 heteroatoms. The first-order valence-electron chi connectivity index (χ1n) is 2.24. The number of rotatable bonds is 3. The number of carbonyl (C=O) groups excluding carboxylic acids is 1. The van der Waals surface area contributed by atoms with Gasteiger partial charge in [0.1, 0.15) is 0 Å². The van der Waals surface area contributed by atoms with Gasteiger partial charge in [-0.2, -0.15) is 0 Å². The van der Waals surface area contributed by atoms with E-state index in [1.54, 1.807) is 0 Å². The third-order valence-corrected chi connectivity index (χ3v) is 1.06. The molecule has 0 unspecified atom stereocenters. The Kier molecular flexibility index (Phi) is 5.00. The Balaban J connectivity index is 2.99. The maximum atomic E-state index is 10.3. The molecule has 3 nitrogen and oxygen atoms in total. The Morgan fingerprint density at radius 1 is 1.75 bits per heavy atom. The van der Waals surface area contributed by atoms with Crippen LogP contribution in [0.2, 0.25) is 0 Å². The maximum Gasteiger partial charge on any atom is 0.230 e. The molecule has 0 aromatic rings. The predicted molar refractivity (Wildman–Crippen MR) is 33.9 cm³/mol. The highest BCUT2D eigenvalue weighted by atomic mass is 79.9. The van der Waals surface area contributed by atoms with Crippen LogP contribution >= 0.6 is 15.9 Å². The lowest BCUT2D eigenvalue weighted by atomic mass is 10.6. The molecule has 8 heavy (non-hydrogen) atoms. The zero-order chi connectivity index (χ0) is 6.41. The SMILES string of the molecule is O=C(CBr)NCCO. The van der Waals surface area contributed by atoms with E-state index in [9.17, 15) is 4.79 Å². The fraction of sp³-hybridized carbons (Fsp3) is 0.750. The van der Waals surface area contributed by atoms with Gasteiger partial charge in [0.25, 0.3) is 0 Å². The molecule has 0 aliphatic carbocycles. The van der Waals surface area contributed by atoms with Crippen LogP contribution in [0.3, 0.4) is 0 Å². The molecule has 0 saturated carbocycles. The highest BCUT2D eigenvalue weighted by molar-refractivity contribution is 9.09. The highest BCUT2D eigenvalue weighted by Crippen LogP contribution is 1.76. The molecule has 2 N–H and O–H groups in total. The van der Waals surface area contributed by atoms with Crippen LogP contribution in [0.1, 0.15) is 0 Å². The van der Waals surface area contributed by atoms with E-state index >= 15 is 0 Å². The van der Waals surface area contributed by atoms with Crippen molar-refractivity contribution < 1.29 is 9.90 Å². The second-order valence-electron chi connectivity index (χ2n) is 1.21. The van der Waals surface area contributed by atoms with Gasteiger partial charge in [-0.05, 0) is 0 Å². The number of carbonyl (C=O) groups is 1. The summed E-state index contributed by atoms with van der Waals surface area (Å²) in [6.45, 7) is 0.336. The molecule has 0 aliphatic heterocycles. The van der Waals surface area contributed by atoms with Gasteiger partial charge in [0.05, 0.1) is 11.9 Å². The van der Waals surface area contributed by atoms with E-state index in [1.807, 2.05) is 0 Å². The minimum atomic E-state index is -0.0981. The molecule has 0 spiro atoms. The van der Waals surface area contributed by atoms with Crippen LogP contribution in [0, 0.1) is 0 Å². The summed E-state index contributed by atoms with van der Waals surface area (Å²) in [6.07, 6.45) is 0. The van der Waals surface area contributed by atoms with Crippen molar-refractivity contribution >= 4 is 21.8 Å². The van der Waals surface area contributed by atoms with E-state index in [1.165, 1.54) is 0 Å². The van der Waals surface area contributed by atoms with Crippen molar-refractivity contribution in [1.29, 1.82) is 0 Å². The summed E-state index contributed by atoms with van der Waals surface area (Å²) in [5.74, 6) is -0.0981. The van der Waals surface area contributed by atoms with E-state index in [0.717, 1.165) is 0 Å². The smallest absolute Gasteiger partial charge is 0.230 e. The second kappa shape index (κ2) is 5.05. The zero-order valence-corrected chi connectivity index (χ0v) is 5.94. The van der Waals surface area contributed by atoms with E-state index in [2.05, 4.69) is 21.2 Å². The van der Waals surface area contributed by atoms with E-state index in [4.69, 9.17) is 5.11 Å². The van der Waals surface area contributed by atoms with Crippen molar-refractivity contribution in [3.8, 4) is 0 Å². The summed E-state index contributed by atoms with van der Waals surface area (Å²) in [4.78, 5) is 10.3. The topological polar surface area (TPSA) is 49.3 Å². The number of hydrogen-bond donors (Lipinski definition) is 2. The fourth-order valence-corrected chi connectivity index (χ4v) is 0.441. The Bertz CT molecular complexity index is 76.4. The molecule has 0 rings (SSSR count). The Morgan fingerprint density at radius 3 is 2.75 bits per heavy atom. The maximum absolute atomic E-state index is 10.3. The van der Waals surface area contributed by atoms with Crippen LogP contribution in [-0.4, -0.2) is 29.5 Å². The van der Waals surface area contributed by atoms with Crippen molar-refractivity contribution in [2.45, 2.75) is 0 Å². The minimum Gasteiger partial charge on any atom is -0.395 e. The number of alkyl halides is 1. The van der Waals surface area contributed by atoms with Gasteiger partial charge in [-0.25, -0.2) is 0 Å². The van der Waals surface area contributed by atoms with Gasteiger partial charge < -0.3 is 10.4 Å². The average molecular weight is 182 g/mol. The van der Waals surface area contributed by atoms with Crippen LogP contribution in [0.25, 0.3) is 0 Å². The number of aliphatic hydroxyl groups is 1. The number of aliphatic hydroxyl groups excluding tert-OH is 1. The average Bonchev–Trinajstić information content (AvgIpc) is 1.83. The van der Waals surface area contributed by atoms with Crippen LogP contribution in [-0.2, 0) is 4.79 Å². The second-order valence-corrected chi connectivity index (χ2v) is 1.77. The molecular formula is C4H8BrNO2. The lowest BCUT2D eigenvalue weighted by Crippen LogP contribution is -2.26. The largest absolute Gasteiger partial charge is 0.395 e. The summed E-state index contributed by atoms with van der Waals surface area (Å²) in [5.41, 5.74) is 0. The third-order valence-electron chi connectivity index (χ3n) is 0.555. The molecule has 48 valence electrons. The monoisotopic (exact) mass is 181 g/mol. The molecule has 0 atom stereocenters. The first-order valence-corrected chi connectivity index (χ1v) is 3.37. The number of amides is 1. The zero-order valence-electron chi connectivity index (χ0n) is 4.35. The Labute approximate surface area is 56.2 Å². The molecule has 1 amide bonds. The van der Waals surface area contributed by atoms with Crippen LogP contribution < -0.4 is 5.32 Å². The van der Waals surface area contributed by atoms with Gasteiger partial charge in [0, 0.05) is 6.54 Å². The van der Waals surface area contributed by atoms with Gasteiger partial charge in [-0.1, -0.05) is 15.9 Å². The Morgan fingerprint density at radius 2 is 2.38 bits per heavy atom. The van der Waals surface area contributed by atoms with E-state index in [0.29, 0.717) is 11.9 Å². The summed E-state index contributed by atoms with van der Waals surface area (Å²) in [5, 5.41) is 10.9. The van der Waals surface area contributed by atoms with Crippen molar-refractivity contribution in [2.24, 2.45) is 0 Å². The number of nitrogens with one attached hydrogen (secondary N) is 1. The lowest BCUT2D eigenvalue weighted by molar-refractivity contribution is -0.118. The molecule has 0 aromatic heterocycles. The summed E-state index contributed by atoms with van der Waals surface area (Å²) in [6, 6.07) is 0. The van der Waals surface area contributed by atoms with E-state index < -0.39 is 0 Å². The van der Waals surface area contributed by atoms with Gasteiger partial charge in [0.2, 0.25) is 5.91 Å². The highest BCUT2D eigenvalue weighted by Gasteiger charge is 1.92. The summed E-state index contributed by atoms with van der Waals surface area (Å²) < 4.78 is 0. The van der Waals surface area contributed by atoms with Gasteiger partial charge in [-0.15, -0.1) is 0 Å². The van der Waals surface area contributed by atoms with Gasteiger partial charge in [0.15, 0.2) is 0 Å². The predicted octanol–water partition coefficient (Wildman–Crippen LogP) is -0.510. The van der Waals surface area contributed by atoms with Gasteiger partial charge in [-0.3, -0.25) is 4.79 Å². The summed E-state index contributed by atoms with van der Waals surface area (Å²) in [7, 11) is 0. The first-order chi connectivity index (χ1) is 3.81. The van der Waals surface area contributed by atoms with E-state index in [-0.39, 0.29) is 12.5 Å². The molecule has 0 bridgehead atoms.